The van der Waals surface area contributed by atoms with Crippen LogP contribution in [0.2, 0.25) is 0 Å². The fourth-order valence-electron chi connectivity index (χ4n) is 4.28. The number of ether oxygens (including phenoxy) is 1. The van der Waals surface area contributed by atoms with Gasteiger partial charge in [0.15, 0.2) is 0 Å². The molecule has 1 fully saturated rings. The minimum absolute atomic E-state index is 0.0281. The molecular formula is C25H30N4O4. The number of primary amides is 1. The SMILES string of the molecule is CC(C)(C)OC(=O)N1CCC(c2[nH]nc3c(C(N)=O)cc(-c4ccc(CO)cc4)cc23)CC1. The number of fused-ring (bicyclic) bond motifs is 1. The summed E-state index contributed by atoms with van der Waals surface area (Å²) in [6.07, 6.45) is 1.23. The summed E-state index contributed by atoms with van der Waals surface area (Å²) < 4.78 is 5.50. The van der Waals surface area contributed by atoms with Gasteiger partial charge in [0.1, 0.15) is 11.1 Å². The second kappa shape index (κ2) is 8.86. The number of hydrogen-bond donors (Lipinski definition) is 3. The smallest absolute Gasteiger partial charge is 0.410 e. The summed E-state index contributed by atoms with van der Waals surface area (Å²) in [6, 6.07) is 11.3. The van der Waals surface area contributed by atoms with Crippen LogP contribution in [0.4, 0.5) is 4.79 Å². The summed E-state index contributed by atoms with van der Waals surface area (Å²) in [5.74, 6) is -0.368. The Bertz CT molecular complexity index is 1170. The fraction of sp³-hybridized carbons (Fsp3) is 0.400. The van der Waals surface area contributed by atoms with Crippen molar-refractivity contribution in [2.45, 2.75) is 51.7 Å². The molecule has 8 heteroatoms. The number of aliphatic hydroxyl groups excluding tert-OH is 1. The first-order valence-corrected chi connectivity index (χ1v) is 11.2. The predicted octanol–water partition coefficient (Wildman–Crippen LogP) is 3.94. The first-order chi connectivity index (χ1) is 15.7. The number of nitrogens with one attached hydrogen (secondary N) is 1. The van der Waals surface area contributed by atoms with E-state index in [9.17, 15) is 14.7 Å². The van der Waals surface area contributed by atoms with E-state index in [1.165, 1.54) is 0 Å². The molecule has 0 aliphatic carbocycles. The number of likely N-dealkylation sites (tertiary alicyclic amines) is 1. The number of rotatable bonds is 4. The zero-order valence-corrected chi connectivity index (χ0v) is 19.2. The van der Waals surface area contributed by atoms with Gasteiger partial charge in [-0.1, -0.05) is 24.3 Å². The van der Waals surface area contributed by atoms with E-state index in [0.717, 1.165) is 40.6 Å². The number of benzene rings is 2. The quantitative estimate of drug-likeness (QED) is 0.556. The Balaban J connectivity index is 1.63. The number of aromatic amines is 1. The Labute approximate surface area is 192 Å². The molecule has 0 atom stereocenters. The molecule has 33 heavy (non-hydrogen) atoms. The number of carbonyl (C=O) groups excluding carboxylic acids is 2. The molecule has 2 aromatic carbocycles. The average molecular weight is 451 g/mol. The van der Waals surface area contributed by atoms with Gasteiger partial charge in [0.2, 0.25) is 0 Å². The van der Waals surface area contributed by atoms with Gasteiger partial charge in [-0.2, -0.15) is 5.10 Å². The maximum atomic E-state index is 12.4. The van der Waals surface area contributed by atoms with E-state index in [1.807, 2.05) is 51.1 Å². The molecule has 0 saturated carbocycles. The zero-order chi connectivity index (χ0) is 23.8. The largest absolute Gasteiger partial charge is 0.444 e. The summed E-state index contributed by atoms with van der Waals surface area (Å²) in [7, 11) is 0. The van der Waals surface area contributed by atoms with E-state index in [0.29, 0.717) is 24.2 Å². The normalized spacial score (nSPS) is 15.1. The van der Waals surface area contributed by atoms with E-state index in [-0.39, 0.29) is 18.6 Å². The van der Waals surface area contributed by atoms with E-state index in [1.54, 1.807) is 11.0 Å². The number of aromatic nitrogens is 2. The minimum atomic E-state index is -0.536. The third-order valence-corrected chi connectivity index (χ3v) is 5.98. The molecule has 174 valence electrons. The highest BCUT2D eigenvalue weighted by atomic mass is 16.6. The van der Waals surface area contributed by atoms with Crippen molar-refractivity contribution in [1.29, 1.82) is 0 Å². The first kappa shape index (κ1) is 22.8. The Morgan fingerprint density at radius 2 is 1.82 bits per heavy atom. The van der Waals surface area contributed by atoms with Crippen LogP contribution in [0.15, 0.2) is 36.4 Å². The second-order valence-corrected chi connectivity index (χ2v) is 9.52. The number of H-pyrrole nitrogens is 1. The number of aliphatic hydroxyl groups is 1. The molecule has 0 spiro atoms. The summed E-state index contributed by atoms with van der Waals surface area (Å²) in [5.41, 5.74) is 9.62. The van der Waals surface area contributed by atoms with Crippen molar-refractivity contribution < 1.29 is 19.4 Å². The Kier molecular flexibility index (Phi) is 6.12. The molecule has 2 heterocycles. The standard InChI is InChI=1S/C25H30N4O4/c1-25(2,3)33-24(32)29-10-8-17(9-11-29)21-19-12-18(16-6-4-15(14-30)5-7-16)13-20(23(26)31)22(19)28-27-21/h4-7,12-13,17,30H,8-11,14H2,1-3H3,(H2,26,31)(H,27,28). The molecule has 0 unspecified atom stereocenters. The molecule has 0 bridgehead atoms. The van der Waals surface area contributed by atoms with Crippen molar-refractivity contribution in [3.63, 3.8) is 0 Å². The third kappa shape index (κ3) is 4.85. The maximum Gasteiger partial charge on any atom is 0.410 e. The van der Waals surface area contributed by atoms with E-state index < -0.39 is 11.5 Å². The van der Waals surface area contributed by atoms with Crippen molar-refractivity contribution in [3.8, 4) is 11.1 Å². The van der Waals surface area contributed by atoms with Crippen LogP contribution in [0, 0.1) is 0 Å². The minimum Gasteiger partial charge on any atom is -0.444 e. The molecule has 2 amide bonds. The monoisotopic (exact) mass is 450 g/mol. The molecule has 1 aliphatic rings. The highest BCUT2D eigenvalue weighted by Crippen LogP contribution is 2.35. The average Bonchev–Trinajstić information content (AvgIpc) is 3.21. The number of nitrogens with zero attached hydrogens (tertiary/aromatic N) is 2. The van der Waals surface area contributed by atoms with Gasteiger partial charge in [-0.15, -0.1) is 0 Å². The molecular weight excluding hydrogens is 420 g/mol. The van der Waals surface area contributed by atoms with Crippen LogP contribution in [0.5, 0.6) is 0 Å². The molecule has 1 saturated heterocycles. The lowest BCUT2D eigenvalue weighted by molar-refractivity contribution is 0.0204. The lowest BCUT2D eigenvalue weighted by Gasteiger charge is -2.33. The number of hydrogen-bond acceptors (Lipinski definition) is 5. The maximum absolute atomic E-state index is 12.4. The number of carbonyl (C=O) groups is 2. The van der Waals surface area contributed by atoms with Crippen LogP contribution in [0.3, 0.4) is 0 Å². The highest BCUT2D eigenvalue weighted by molar-refractivity contribution is 6.07. The van der Waals surface area contributed by atoms with Crippen molar-refractivity contribution in [2.24, 2.45) is 5.73 Å². The van der Waals surface area contributed by atoms with Crippen molar-refractivity contribution >= 4 is 22.9 Å². The van der Waals surface area contributed by atoms with E-state index >= 15 is 0 Å². The van der Waals surface area contributed by atoms with Crippen LogP contribution in [0.1, 0.15) is 61.1 Å². The third-order valence-electron chi connectivity index (χ3n) is 5.98. The fourth-order valence-corrected chi connectivity index (χ4v) is 4.28. The van der Waals surface area contributed by atoms with Gasteiger partial charge in [-0.3, -0.25) is 9.89 Å². The molecule has 8 nitrogen and oxygen atoms in total. The topological polar surface area (TPSA) is 122 Å². The first-order valence-electron chi connectivity index (χ1n) is 11.2. The lowest BCUT2D eigenvalue weighted by Crippen LogP contribution is -2.41. The van der Waals surface area contributed by atoms with Crippen molar-refractivity contribution in [3.05, 3.63) is 53.2 Å². The number of nitrogens with two attached hydrogens (primary N) is 1. The molecule has 0 radical (unpaired) electrons. The molecule has 1 aliphatic heterocycles. The van der Waals surface area contributed by atoms with Crippen LogP contribution in [-0.2, 0) is 11.3 Å². The van der Waals surface area contributed by atoms with Gasteiger partial charge in [-0.05, 0) is 62.4 Å². The Hall–Kier alpha value is -3.39. The summed E-state index contributed by atoms with van der Waals surface area (Å²) >= 11 is 0. The van der Waals surface area contributed by atoms with Crippen LogP contribution in [-0.4, -0.2) is 50.9 Å². The molecule has 4 rings (SSSR count). The van der Waals surface area contributed by atoms with Crippen molar-refractivity contribution in [2.75, 3.05) is 13.1 Å². The molecule has 1 aromatic heterocycles. The van der Waals surface area contributed by atoms with Crippen LogP contribution >= 0.6 is 0 Å². The van der Waals surface area contributed by atoms with Gasteiger partial charge in [0.05, 0.1) is 12.2 Å². The molecule has 3 aromatic rings. The van der Waals surface area contributed by atoms with E-state index in [2.05, 4.69) is 10.2 Å². The van der Waals surface area contributed by atoms with Gasteiger partial charge >= 0.3 is 6.09 Å². The highest BCUT2D eigenvalue weighted by Gasteiger charge is 2.29. The van der Waals surface area contributed by atoms with Gasteiger partial charge in [0.25, 0.3) is 5.91 Å². The van der Waals surface area contributed by atoms with Gasteiger partial charge in [-0.25, -0.2) is 4.79 Å². The lowest BCUT2D eigenvalue weighted by atomic mass is 9.90. The molecule has 4 N–H and O–H groups in total. The van der Waals surface area contributed by atoms with Gasteiger partial charge in [0, 0.05) is 30.1 Å². The summed E-state index contributed by atoms with van der Waals surface area (Å²) in [5, 5.41) is 17.7. The zero-order valence-electron chi connectivity index (χ0n) is 19.2. The Morgan fingerprint density at radius 1 is 1.15 bits per heavy atom. The predicted molar refractivity (Wildman–Crippen MR) is 126 cm³/mol. The Morgan fingerprint density at radius 3 is 2.39 bits per heavy atom. The summed E-state index contributed by atoms with van der Waals surface area (Å²) in [4.78, 5) is 26.3. The van der Waals surface area contributed by atoms with Gasteiger partial charge < -0.3 is 20.5 Å². The van der Waals surface area contributed by atoms with Crippen LogP contribution < -0.4 is 5.73 Å². The number of piperidine rings is 1. The van der Waals surface area contributed by atoms with Crippen LogP contribution in [0.25, 0.3) is 22.0 Å². The summed E-state index contributed by atoms with van der Waals surface area (Å²) in [6.45, 7) is 6.73. The van der Waals surface area contributed by atoms with E-state index in [4.69, 9.17) is 10.5 Å². The van der Waals surface area contributed by atoms with Crippen molar-refractivity contribution in [1.82, 2.24) is 15.1 Å². The second-order valence-electron chi connectivity index (χ2n) is 9.52. The number of amides is 2.